The molecule has 138 valence electrons. The zero-order valence-electron chi connectivity index (χ0n) is 15.3. The van der Waals surface area contributed by atoms with Gasteiger partial charge in [-0.2, -0.15) is 0 Å². The summed E-state index contributed by atoms with van der Waals surface area (Å²) in [5.41, 5.74) is 3.03. The first kappa shape index (κ1) is 17.7. The van der Waals surface area contributed by atoms with Crippen molar-refractivity contribution in [2.75, 3.05) is 0 Å². The lowest BCUT2D eigenvalue weighted by Gasteiger charge is -2.05. The van der Waals surface area contributed by atoms with Crippen LogP contribution in [0.25, 0.3) is 6.08 Å². The number of hydrogen-bond donors (Lipinski definition) is 0. The highest BCUT2D eigenvalue weighted by molar-refractivity contribution is 6.14. The molecular weight excluding hydrogens is 352 g/mol. The molecule has 0 amide bonds. The summed E-state index contributed by atoms with van der Waals surface area (Å²) in [6.07, 6.45) is 2.68. The number of hydrogen-bond acceptors (Lipinski definition) is 4. The first-order valence-electron chi connectivity index (χ1n) is 9.08. The summed E-state index contributed by atoms with van der Waals surface area (Å²) >= 11 is 0. The number of benzene rings is 3. The molecule has 0 unspecified atom stereocenters. The first-order valence-corrected chi connectivity index (χ1v) is 9.08. The molecule has 4 heteroatoms. The second-order valence-electron chi connectivity index (χ2n) is 6.45. The van der Waals surface area contributed by atoms with Crippen LogP contribution in [0, 0.1) is 0 Å². The molecule has 0 fully saturated rings. The molecule has 0 spiro atoms. The van der Waals surface area contributed by atoms with E-state index in [0.717, 1.165) is 12.0 Å². The van der Waals surface area contributed by atoms with Gasteiger partial charge in [0.05, 0.1) is 11.1 Å². The Kier molecular flexibility index (Phi) is 4.77. The third-order valence-corrected chi connectivity index (χ3v) is 4.55. The molecule has 0 bridgehead atoms. The van der Waals surface area contributed by atoms with Crippen molar-refractivity contribution in [1.29, 1.82) is 0 Å². The Labute approximate surface area is 163 Å². The molecule has 3 aromatic rings. The number of carbonyl (C=O) groups excluding carboxylic acids is 2. The molecule has 0 N–H and O–H groups in total. The molecule has 4 rings (SSSR count). The topological polar surface area (TPSA) is 52.6 Å². The zero-order chi connectivity index (χ0) is 19.5. The third-order valence-electron chi connectivity index (χ3n) is 4.55. The predicted molar refractivity (Wildman–Crippen MR) is 107 cm³/mol. The van der Waals surface area contributed by atoms with Crippen LogP contribution < -0.4 is 9.47 Å². The van der Waals surface area contributed by atoms with Crippen molar-refractivity contribution in [1.82, 2.24) is 0 Å². The Balaban J connectivity index is 1.54. The Morgan fingerprint density at radius 3 is 2.46 bits per heavy atom. The highest BCUT2D eigenvalue weighted by atomic mass is 16.5. The van der Waals surface area contributed by atoms with E-state index in [9.17, 15) is 9.59 Å². The van der Waals surface area contributed by atoms with E-state index in [0.29, 0.717) is 22.6 Å². The highest BCUT2D eigenvalue weighted by Gasteiger charge is 2.28. The standard InChI is InChI=1S/C24H18O4/c1-2-16-8-10-17(11-9-16)14-22-23(25)20-13-12-19(15-21(20)28-22)27-24(26)18-6-4-3-5-7-18/h3-15H,2H2,1H3/b22-14-. The number of allylic oxidation sites excluding steroid dienone is 1. The average molecular weight is 370 g/mol. The molecule has 28 heavy (non-hydrogen) atoms. The fourth-order valence-corrected chi connectivity index (χ4v) is 2.97. The molecule has 1 aliphatic heterocycles. The van der Waals surface area contributed by atoms with Crippen molar-refractivity contribution in [2.45, 2.75) is 13.3 Å². The molecule has 0 saturated carbocycles. The van der Waals surface area contributed by atoms with E-state index >= 15 is 0 Å². The van der Waals surface area contributed by atoms with Crippen LogP contribution >= 0.6 is 0 Å². The number of ketones is 1. The monoisotopic (exact) mass is 370 g/mol. The lowest BCUT2D eigenvalue weighted by molar-refractivity contribution is 0.0734. The van der Waals surface area contributed by atoms with Crippen molar-refractivity contribution in [3.63, 3.8) is 0 Å². The normalized spacial score (nSPS) is 13.9. The Bertz CT molecular complexity index is 1060. The molecule has 0 aliphatic carbocycles. The minimum absolute atomic E-state index is 0.185. The molecule has 1 aliphatic rings. The van der Waals surface area contributed by atoms with Gasteiger partial charge in [-0.25, -0.2) is 4.79 Å². The van der Waals surface area contributed by atoms with Gasteiger partial charge in [0, 0.05) is 6.07 Å². The van der Waals surface area contributed by atoms with Crippen molar-refractivity contribution < 1.29 is 19.1 Å². The summed E-state index contributed by atoms with van der Waals surface area (Å²) in [6.45, 7) is 2.09. The smallest absolute Gasteiger partial charge is 0.343 e. The minimum atomic E-state index is -0.461. The summed E-state index contributed by atoms with van der Waals surface area (Å²) < 4.78 is 11.1. The van der Waals surface area contributed by atoms with E-state index in [1.807, 2.05) is 30.3 Å². The number of rotatable bonds is 4. The number of carbonyl (C=O) groups is 2. The summed E-state index contributed by atoms with van der Waals surface area (Å²) in [4.78, 5) is 24.8. The van der Waals surface area contributed by atoms with Crippen molar-refractivity contribution in [3.8, 4) is 11.5 Å². The number of aryl methyl sites for hydroxylation is 1. The third kappa shape index (κ3) is 3.58. The molecule has 3 aromatic carbocycles. The summed E-state index contributed by atoms with van der Waals surface area (Å²) in [5.74, 6) is 0.326. The molecule has 0 radical (unpaired) electrons. The van der Waals surface area contributed by atoms with Crippen LogP contribution in [0.2, 0.25) is 0 Å². The molecule has 0 atom stereocenters. The Hall–Kier alpha value is -3.66. The maximum absolute atomic E-state index is 12.6. The fourth-order valence-electron chi connectivity index (χ4n) is 2.97. The second kappa shape index (κ2) is 7.53. The van der Waals surface area contributed by atoms with Gasteiger partial charge in [-0.1, -0.05) is 49.4 Å². The lowest BCUT2D eigenvalue weighted by Crippen LogP contribution is -2.08. The van der Waals surface area contributed by atoms with Crippen LogP contribution in [-0.2, 0) is 6.42 Å². The van der Waals surface area contributed by atoms with Crippen LogP contribution in [0.5, 0.6) is 11.5 Å². The molecule has 0 aromatic heterocycles. The van der Waals surface area contributed by atoms with Crippen LogP contribution in [0.15, 0.2) is 78.6 Å². The maximum atomic E-state index is 12.6. The van der Waals surface area contributed by atoms with Gasteiger partial charge >= 0.3 is 5.97 Å². The lowest BCUT2D eigenvalue weighted by atomic mass is 10.1. The summed E-state index contributed by atoms with van der Waals surface area (Å²) in [6, 6.07) is 21.5. The highest BCUT2D eigenvalue weighted by Crippen LogP contribution is 2.35. The number of Topliss-reactive ketones (excluding diaryl/α,β-unsaturated/α-hetero) is 1. The zero-order valence-corrected chi connectivity index (χ0v) is 15.3. The second-order valence-corrected chi connectivity index (χ2v) is 6.45. The minimum Gasteiger partial charge on any atom is -0.452 e. The molecule has 4 nitrogen and oxygen atoms in total. The number of esters is 1. The van der Waals surface area contributed by atoms with Gasteiger partial charge in [-0.15, -0.1) is 0 Å². The predicted octanol–water partition coefficient (Wildman–Crippen LogP) is 5.08. The van der Waals surface area contributed by atoms with E-state index in [-0.39, 0.29) is 11.5 Å². The Morgan fingerprint density at radius 2 is 1.75 bits per heavy atom. The maximum Gasteiger partial charge on any atom is 0.343 e. The van der Waals surface area contributed by atoms with Gasteiger partial charge in [0.15, 0.2) is 5.76 Å². The number of fused-ring (bicyclic) bond motifs is 1. The molecular formula is C24H18O4. The summed E-state index contributed by atoms with van der Waals surface area (Å²) in [5, 5.41) is 0. The van der Waals surface area contributed by atoms with Gasteiger partial charge in [0.2, 0.25) is 5.78 Å². The SMILES string of the molecule is CCc1ccc(/C=C2\Oc3cc(OC(=O)c4ccccc4)ccc3C2=O)cc1. The molecule has 1 heterocycles. The van der Waals surface area contributed by atoms with Gasteiger partial charge in [-0.3, -0.25) is 4.79 Å². The van der Waals surface area contributed by atoms with Gasteiger partial charge < -0.3 is 9.47 Å². The number of ether oxygens (including phenoxy) is 2. The average Bonchev–Trinajstić information content (AvgIpc) is 3.04. The Morgan fingerprint density at radius 1 is 1.00 bits per heavy atom. The van der Waals surface area contributed by atoms with Crippen molar-refractivity contribution in [3.05, 3.63) is 101 Å². The van der Waals surface area contributed by atoms with Crippen LogP contribution in [0.1, 0.15) is 38.8 Å². The van der Waals surface area contributed by atoms with Crippen molar-refractivity contribution in [2.24, 2.45) is 0 Å². The van der Waals surface area contributed by atoms with Crippen LogP contribution in [-0.4, -0.2) is 11.8 Å². The van der Waals surface area contributed by atoms with Gasteiger partial charge in [-0.05, 0) is 47.9 Å². The van der Waals surface area contributed by atoms with E-state index in [1.54, 1.807) is 48.5 Å². The van der Waals surface area contributed by atoms with Crippen molar-refractivity contribution >= 4 is 17.8 Å². The summed E-state index contributed by atoms with van der Waals surface area (Å²) in [7, 11) is 0. The van der Waals surface area contributed by atoms with Crippen LogP contribution in [0.3, 0.4) is 0 Å². The van der Waals surface area contributed by atoms with E-state index in [1.165, 1.54) is 5.56 Å². The van der Waals surface area contributed by atoms with Gasteiger partial charge in [0.1, 0.15) is 11.5 Å². The quantitative estimate of drug-likeness (QED) is 0.365. The van der Waals surface area contributed by atoms with E-state index < -0.39 is 5.97 Å². The fraction of sp³-hybridized carbons (Fsp3) is 0.0833. The largest absolute Gasteiger partial charge is 0.452 e. The first-order chi connectivity index (χ1) is 13.6. The van der Waals surface area contributed by atoms with E-state index in [4.69, 9.17) is 9.47 Å². The van der Waals surface area contributed by atoms with Gasteiger partial charge in [0.25, 0.3) is 0 Å². The van der Waals surface area contributed by atoms with Crippen LogP contribution in [0.4, 0.5) is 0 Å². The van der Waals surface area contributed by atoms with E-state index in [2.05, 4.69) is 6.92 Å². The molecule has 0 saturated heterocycles.